The zero-order chi connectivity index (χ0) is 13.1. The highest BCUT2D eigenvalue weighted by molar-refractivity contribution is 9.10. The maximum atomic E-state index is 13.9. The third-order valence-electron chi connectivity index (χ3n) is 3.18. The van der Waals surface area contributed by atoms with E-state index >= 15 is 0 Å². The van der Waals surface area contributed by atoms with Crippen molar-refractivity contribution in [2.75, 3.05) is 6.54 Å². The number of carbonyl (C=O) groups excluding carboxylic acids is 1. The van der Waals surface area contributed by atoms with Crippen LogP contribution in [-0.2, 0) is 0 Å². The molecule has 0 bridgehead atoms. The standard InChI is InChI=1S/C14H17BrFNO/c1-2-3-9-17(10-7-8-10)14(18)11-5-4-6-12(15)13(11)16/h4-6,10H,2-3,7-9H2,1H3. The molecule has 0 aromatic heterocycles. The van der Waals surface area contributed by atoms with Gasteiger partial charge in [-0.05, 0) is 47.3 Å². The van der Waals surface area contributed by atoms with Crippen LogP contribution in [0.3, 0.4) is 0 Å². The van der Waals surface area contributed by atoms with Gasteiger partial charge in [-0.1, -0.05) is 19.4 Å². The van der Waals surface area contributed by atoms with Crippen molar-refractivity contribution in [3.05, 3.63) is 34.1 Å². The summed E-state index contributed by atoms with van der Waals surface area (Å²) < 4.78 is 14.3. The molecule has 2 rings (SSSR count). The molecule has 1 saturated carbocycles. The summed E-state index contributed by atoms with van der Waals surface area (Å²) in [4.78, 5) is 14.2. The van der Waals surface area contributed by atoms with Crippen LogP contribution in [0.2, 0.25) is 0 Å². The van der Waals surface area contributed by atoms with Crippen molar-refractivity contribution < 1.29 is 9.18 Å². The molecule has 0 spiro atoms. The van der Waals surface area contributed by atoms with Gasteiger partial charge in [0.1, 0.15) is 5.82 Å². The highest BCUT2D eigenvalue weighted by atomic mass is 79.9. The second-order valence-electron chi connectivity index (χ2n) is 4.68. The summed E-state index contributed by atoms with van der Waals surface area (Å²) in [5, 5.41) is 0. The van der Waals surface area contributed by atoms with Crippen molar-refractivity contribution in [1.29, 1.82) is 0 Å². The van der Waals surface area contributed by atoms with Crippen molar-refractivity contribution in [3.63, 3.8) is 0 Å². The molecule has 0 saturated heterocycles. The van der Waals surface area contributed by atoms with Gasteiger partial charge < -0.3 is 4.90 Å². The van der Waals surface area contributed by atoms with Crippen LogP contribution in [0.1, 0.15) is 43.0 Å². The molecule has 1 aliphatic carbocycles. The van der Waals surface area contributed by atoms with Gasteiger partial charge in [0.15, 0.2) is 0 Å². The van der Waals surface area contributed by atoms with Gasteiger partial charge in [-0.25, -0.2) is 4.39 Å². The van der Waals surface area contributed by atoms with Crippen molar-refractivity contribution in [1.82, 2.24) is 4.90 Å². The number of hydrogen-bond donors (Lipinski definition) is 0. The minimum atomic E-state index is -0.454. The first-order valence-corrected chi connectivity index (χ1v) is 7.19. The van der Waals surface area contributed by atoms with E-state index in [-0.39, 0.29) is 11.5 Å². The molecule has 18 heavy (non-hydrogen) atoms. The normalized spacial score (nSPS) is 14.6. The first-order chi connectivity index (χ1) is 8.65. The summed E-state index contributed by atoms with van der Waals surface area (Å²) in [6, 6.07) is 5.19. The Bertz CT molecular complexity index is 445. The Kier molecular flexibility index (Phi) is 4.38. The van der Waals surface area contributed by atoms with E-state index in [9.17, 15) is 9.18 Å². The number of unbranched alkanes of at least 4 members (excludes halogenated alkanes) is 1. The molecule has 0 radical (unpaired) electrons. The van der Waals surface area contributed by atoms with Crippen LogP contribution < -0.4 is 0 Å². The first-order valence-electron chi connectivity index (χ1n) is 6.40. The molecule has 98 valence electrons. The van der Waals surface area contributed by atoms with Gasteiger partial charge in [0.05, 0.1) is 10.0 Å². The number of carbonyl (C=O) groups is 1. The Morgan fingerprint density at radius 3 is 2.83 bits per heavy atom. The maximum Gasteiger partial charge on any atom is 0.257 e. The second kappa shape index (κ2) is 5.83. The third kappa shape index (κ3) is 2.91. The Morgan fingerprint density at radius 1 is 1.50 bits per heavy atom. The van der Waals surface area contributed by atoms with Gasteiger partial charge in [0.25, 0.3) is 5.91 Å². The van der Waals surface area contributed by atoms with Crippen LogP contribution in [0.4, 0.5) is 4.39 Å². The molecule has 1 aromatic carbocycles. The van der Waals surface area contributed by atoms with Gasteiger partial charge in [0.2, 0.25) is 0 Å². The molecule has 1 aromatic rings. The Hall–Kier alpha value is -0.900. The van der Waals surface area contributed by atoms with Crippen LogP contribution in [0.15, 0.2) is 22.7 Å². The molecule has 0 unspecified atom stereocenters. The monoisotopic (exact) mass is 313 g/mol. The van der Waals surface area contributed by atoms with Gasteiger partial charge in [0, 0.05) is 12.6 Å². The lowest BCUT2D eigenvalue weighted by atomic mass is 10.1. The number of nitrogens with zero attached hydrogens (tertiary/aromatic N) is 1. The summed E-state index contributed by atoms with van der Waals surface area (Å²) in [6.07, 6.45) is 4.10. The van der Waals surface area contributed by atoms with Crippen LogP contribution >= 0.6 is 15.9 Å². The van der Waals surface area contributed by atoms with Crippen LogP contribution in [-0.4, -0.2) is 23.4 Å². The maximum absolute atomic E-state index is 13.9. The number of hydrogen-bond acceptors (Lipinski definition) is 1. The van der Waals surface area contributed by atoms with Crippen molar-refractivity contribution in [3.8, 4) is 0 Å². The average molecular weight is 314 g/mol. The van der Waals surface area contributed by atoms with E-state index < -0.39 is 5.82 Å². The van der Waals surface area contributed by atoms with Gasteiger partial charge in [-0.15, -0.1) is 0 Å². The molecule has 2 nitrogen and oxygen atoms in total. The van der Waals surface area contributed by atoms with E-state index in [4.69, 9.17) is 0 Å². The molecular weight excluding hydrogens is 297 g/mol. The Balaban J connectivity index is 2.19. The highest BCUT2D eigenvalue weighted by Crippen LogP contribution is 2.30. The van der Waals surface area contributed by atoms with Gasteiger partial charge >= 0.3 is 0 Å². The molecule has 0 N–H and O–H groups in total. The van der Waals surface area contributed by atoms with E-state index in [1.54, 1.807) is 18.2 Å². The third-order valence-corrected chi connectivity index (χ3v) is 3.80. The number of amides is 1. The topological polar surface area (TPSA) is 20.3 Å². The summed E-state index contributed by atoms with van der Waals surface area (Å²) in [5.74, 6) is -0.630. The lowest BCUT2D eigenvalue weighted by Crippen LogP contribution is -2.34. The number of benzene rings is 1. The lowest BCUT2D eigenvalue weighted by Gasteiger charge is -2.22. The molecule has 1 amide bonds. The van der Waals surface area contributed by atoms with Crippen molar-refractivity contribution in [2.24, 2.45) is 0 Å². The molecule has 0 aliphatic heterocycles. The van der Waals surface area contributed by atoms with E-state index in [1.807, 2.05) is 4.90 Å². The first kappa shape index (κ1) is 13.5. The zero-order valence-electron chi connectivity index (χ0n) is 10.5. The molecular formula is C14H17BrFNO. The van der Waals surface area contributed by atoms with Crippen molar-refractivity contribution in [2.45, 2.75) is 38.6 Å². The molecule has 4 heteroatoms. The highest BCUT2D eigenvalue weighted by Gasteiger charge is 2.33. The fourth-order valence-electron chi connectivity index (χ4n) is 1.99. The smallest absolute Gasteiger partial charge is 0.257 e. The number of halogens is 2. The molecule has 0 atom stereocenters. The zero-order valence-corrected chi connectivity index (χ0v) is 12.0. The predicted molar refractivity (Wildman–Crippen MR) is 73.1 cm³/mol. The van der Waals surface area contributed by atoms with E-state index in [0.29, 0.717) is 10.5 Å². The fraction of sp³-hybridized carbons (Fsp3) is 0.500. The largest absolute Gasteiger partial charge is 0.336 e. The molecule has 1 fully saturated rings. The number of rotatable bonds is 5. The van der Waals surface area contributed by atoms with Crippen LogP contribution in [0, 0.1) is 5.82 Å². The fourth-order valence-corrected chi connectivity index (χ4v) is 2.35. The summed E-state index contributed by atoms with van der Waals surface area (Å²) >= 11 is 3.12. The summed E-state index contributed by atoms with van der Waals surface area (Å²) in [5.41, 5.74) is 0.173. The Morgan fingerprint density at radius 2 is 2.22 bits per heavy atom. The SMILES string of the molecule is CCCCN(C(=O)c1cccc(Br)c1F)C1CC1. The van der Waals surface area contributed by atoms with Crippen molar-refractivity contribution >= 4 is 21.8 Å². The van der Waals surface area contributed by atoms with E-state index in [0.717, 1.165) is 32.2 Å². The van der Waals surface area contributed by atoms with E-state index in [1.165, 1.54) is 0 Å². The van der Waals surface area contributed by atoms with Gasteiger partial charge in [-0.3, -0.25) is 4.79 Å². The predicted octanol–water partition coefficient (Wildman–Crippen LogP) is 3.99. The minimum absolute atomic E-state index is 0.173. The molecule has 0 heterocycles. The second-order valence-corrected chi connectivity index (χ2v) is 5.54. The molecule has 1 aliphatic rings. The van der Waals surface area contributed by atoms with E-state index in [2.05, 4.69) is 22.9 Å². The summed E-state index contributed by atoms with van der Waals surface area (Å²) in [6.45, 7) is 2.82. The van der Waals surface area contributed by atoms with Crippen LogP contribution in [0.5, 0.6) is 0 Å². The average Bonchev–Trinajstić information content (AvgIpc) is 3.17. The lowest BCUT2D eigenvalue weighted by molar-refractivity contribution is 0.0736. The minimum Gasteiger partial charge on any atom is -0.336 e. The summed E-state index contributed by atoms with van der Waals surface area (Å²) in [7, 11) is 0. The van der Waals surface area contributed by atoms with Gasteiger partial charge in [-0.2, -0.15) is 0 Å². The quantitative estimate of drug-likeness (QED) is 0.804. The van der Waals surface area contributed by atoms with Crippen LogP contribution in [0.25, 0.3) is 0 Å². The Labute approximate surface area is 115 Å².